The summed E-state index contributed by atoms with van der Waals surface area (Å²) in [6.07, 6.45) is 4.16. The number of nitrogens with one attached hydrogen (secondary N) is 1. The zero-order valence-electron chi connectivity index (χ0n) is 16.8. The molecule has 1 aliphatic heterocycles. The first-order chi connectivity index (χ1) is 14.1. The number of carbonyl (C=O) groups is 2. The molecule has 29 heavy (non-hydrogen) atoms. The van der Waals surface area contributed by atoms with E-state index < -0.39 is 0 Å². The second-order valence-electron chi connectivity index (χ2n) is 6.78. The van der Waals surface area contributed by atoms with E-state index in [9.17, 15) is 9.59 Å². The number of nitrogens with zero attached hydrogens (tertiary/aromatic N) is 1. The average Bonchev–Trinajstić information content (AvgIpc) is 3.19. The highest BCUT2D eigenvalue weighted by molar-refractivity contribution is 7.80. The summed E-state index contributed by atoms with van der Waals surface area (Å²) in [7, 11) is 1.38. The van der Waals surface area contributed by atoms with Crippen LogP contribution in [0.15, 0.2) is 30.3 Å². The van der Waals surface area contributed by atoms with Crippen molar-refractivity contribution >= 4 is 29.3 Å². The van der Waals surface area contributed by atoms with Crippen LogP contribution in [0.25, 0.3) is 0 Å². The number of unbranched alkanes of at least 4 members (excludes halogenated alkanes) is 1. The van der Waals surface area contributed by atoms with Crippen LogP contribution in [0.5, 0.6) is 0 Å². The minimum absolute atomic E-state index is 0.117. The molecule has 0 aliphatic carbocycles. The Kier molecular flexibility index (Phi) is 10.2. The lowest BCUT2D eigenvalue weighted by Crippen LogP contribution is -2.40. The lowest BCUT2D eigenvalue weighted by Gasteiger charge is -2.20. The fourth-order valence-electron chi connectivity index (χ4n) is 3.10. The van der Waals surface area contributed by atoms with Crippen LogP contribution in [0.4, 0.5) is 0 Å². The van der Waals surface area contributed by atoms with Gasteiger partial charge in [0.15, 0.2) is 0 Å². The molecular weight excluding hydrogens is 388 g/mol. The van der Waals surface area contributed by atoms with E-state index in [-0.39, 0.29) is 23.2 Å². The minimum atomic E-state index is -0.327. The smallest absolute Gasteiger partial charge is 0.330 e. The van der Waals surface area contributed by atoms with Gasteiger partial charge in [0.2, 0.25) is 0 Å². The topological polar surface area (TPSA) is 67.9 Å². The van der Waals surface area contributed by atoms with Gasteiger partial charge >= 0.3 is 11.9 Å². The lowest BCUT2D eigenvalue weighted by atomic mass is 10.1. The number of ether oxygens (including phenoxy) is 2. The van der Waals surface area contributed by atoms with E-state index in [1.165, 1.54) is 12.7 Å². The molecule has 0 saturated carbocycles. The number of hydrogen-bond acceptors (Lipinski definition) is 6. The van der Waals surface area contributed by atoms with Crippen LogP contribution >= 0.6 is 12.2 Å². The van der Waals surface area contributed by atoms with Crippen molar-refractivity contribution in [1.82, 2.24) is 10.2 Å². The fourth-order valence-corrected chi connectivity index (χ4v) is 3.28. The minimum Gasteiger partial charge on any atom is -0.469 e. The largest absolute Gasteiger partial charge is 0.469 e. The molecule has 1 aromatic carbocycles. The first-order valence-corrected chi connectivity index (χ1v) is 10.3. The van der Waals surface area contributed by atoms with Crippen molar-refractivity contribution < 1.29 is 19.1 Å². The summed E-state index contributed by atoms with van der Waals surface area (Å²) in [5, 5.41) is 3.10. The normalized spacial score (nSPS) is 15.8. The summed E-state index contributed by atoms with van der Waals surface area (Å²) in [6, 6.07) is 9.74. The van der Waals surface area contributed by atoms with Crippen molar-refractivity contribution in [3.63, 3.8) is 0 Å². The van der Waals surface area contributed by atoms with E-state index in [4.69, 9.17) is 17.0 Å². The molecule has 0 radical (unpaired) electrons. The van der Waals surface area contributed by atoms with Crippen LogP contribution in [0.1, 0.15) is 37.7 Å². The second-order valence-corrected chi connectivity index (χ2v) is 7.15. The van der Waals surface area contributed by atoms with Crippen molar-refractivity contribution in [2.45, 2.75) is 44.6 Å². The van der Waals surface area contributed by atoms with Gasteiger partial charge in [0, 0.05) is 25.9 Å². The first kappa shape index (κ1) is 22.9. The van der Waals surface area contributed by atoms with Gasteiger partial charge in [-0.2, -0.15) is 0 Å². The van der Waals surface area contributed by atoms with Gasteiger partial charge in [-0.05, 0) is 43.5 Å². The number of methoxy groups -OCH3 is 1. The molecule has 0 bridgehead atoms. The molecule has 1 saturated heterocycles. The molecule has 1 aliphatic rings. The van der Waals surface area contributed by atoms with Crippen molar-refractivity contribution in [1.29, 1.82) is 0 Å². The molecular formula is C22H28N2O4S. The number of thiocarbonyl (C=S) groups is 1. The van der Waals surface area contributed by atoms with Crippen molar-refractivity contribution in [3.8, 4) is 11.8 Å². The van der Waals surface area contributed by atoms with Gasteiger partial charge in [0.25, 0.3) is 5.17 Å². The Bertz CT molecular complexity index is 742. The molecule has 0 spiro atoms. The number of benzene rings is 1. The molecule has 1 N–H and O–H groups in total. The highest BCUT2D eigenvalue weighted by Gasteiger charge is 2.32. The Labute approximate surface area is 177 Å². The quantitative estimate of drug-likeness (QED) is 0.302. The Morgan fingerprint density at radius 2 is 2.07 bits per heavy atom. The van der Waals surface area contributed by atoms with Gasteiger partial charge in [0.05, 0.1) is 13.7 Å². The standard InChI is InChI=1S/C22H28N2O4S/c1-27-20(25)13-7-2-3-8-16-24-17-9-12-19(24)21(26)28-22(29)23-15-14-18-10-5-4-6-11-18/h4-6,10-11,19H,2,7,9,12-17H2,1H3,(H,23,29). The number of rotatable bonds is 8. The molecule has 6 nitrogen and oxygen atoms in total. The van der Waals surface area contributed by atoms with Gasteiger partial charge in [-0.3, -0.25) is 9.69 Å². The zero-order valence-corrected chi connectivity index (χ0v) is 17.6. The summed E-state index contributed by atoms with van der Waals surface area (Å²) >= 11 is 5.15. The molecule has 0 aromatic heterocycles. The van der Waals surface area contributed by atoms with E-state index >= 15 is 0 Å². The molecule has 1 atom stereocenters. The second kappa shape index (κ2) is 12.9. The third kappa shape index (κ3) is 8.63. The number of esters is 2. The maximum Gasteiger partial charge on any atom is 0.330 e. The van der Waals surface area contributed by atoms with Crippen molar-refractivity contribution in [2.24, 2.45) is 0 Å². The van der Waals surface area contributed by atoms with Gasteiger partial charge in [-0.1, -0.05) is 36.3 Å². The Hall–Kier alpha value is -2.43. The van der Waals surface area contributed by atoms with E-state index in [0.29, 0.717) is 32.4 Å². The fraction of sp³-hybridized carbons (Fsp3) is 0.500. The van der Waals surface area contributed by atoms with Gasteiger partial charge < -0.3 is 14.8 Å². The molecule has 156 valence electrons. The Balaban J connectivity index is 1.67. The predicted molar refractivity (Wildman–Crippen MR) is 115 cm³/mol. The van der Waals surface area contributed by atoms with E-state index in [1.807, 2.05) is 35.2 Å². The molecule has 1 fully saturated rings. The number of hydrogen-bond donors (Lipinski definition) is 1. The maximum atomic E-state index is 12.5. The van der Waals surface area contributed by atoms with Crippen LogP contribution in [0, 0.1) is 11.8 Å². The van der Waals surface area contributed by atoms with Crippen molar-refractivity contribution in [3.05, 3.63) is 35.9 Å². The van der Waals surface area contributed by atoms with E-state index in [2.05, 4.69) is 21.9 Å². The molecule has 1 heterocycles. The molecule has 0 amide bonds. The summed E-state index contributed by atoms with van der Waals surface area (Å²) in [5.74, 6) is 5.58. The summed E-state index contributed by atoms with van der Waals surface area (Å²) in [5.41, 5.74) is 1.20. The highest BCUT2D eigenvalue weighted by Crippen LogP contribution is 2.17. The van der Waals surface area contributed by atoms with Crippen molar-refractivity contribution in [2.75, 3.05) is 26.7 Å². The zero-order chi connectivity index (χ0) is 20.9. The summed E-state index contributed by atoms with van der Waals surface area (Å²) in [4.78, 5) is 25.5. The Morgan fingerprint density at radius 3 is 2.83 bits per heavy atom. The van der Waals surface area contributed by atoms with Gasteiger partial charge in [-0.15, -0.1) is 5.92 Å². The van der Waals surface area contributed by atoms with Crippen LogP contribution in [0.3, 0.4) is 0 Å². The van der Waals surface area contributed by atoms with Crippen LogP contribution in [-0.4, -0.2) is 54.8 Å². The molecule has 7 heteroatoms. The number of likely N-dealkylation sites (tertiary alicyclic amines) is 1. The highest BCUT2D eigenvalue weighted by atomic mass is 32.1. The maximum absolute atomic E-state index is 12.5. The first-order valence-electron chi connectivity index (χ1n) is 9.90. The molecule has 2 rings (SSSR count). The van der Waals surface area contributed by atoms with Gasteiger partial charge in [0.1, 0.15) is 6.04 Å². The summed E-state index contributed by atoms with van der Waals surface area (Å²) < 4.78 is 9.92. The average molecular weight is 417 g/mol. The number of carbonyl (C=O) groups excluding carboxylic acids is 2. The van der Waals surface area contributed by atoms with Crippen LogP contribution in [0.2, 0.25) is 0 Å². The summed E-state index contributed by atoms with van der Waals surface area (Å²) in [6.45, 7) is 1.93. The molecule has 1 unspecified atom stereocenters. The SMILES string of the molecule is COC(=O)CCCC#CCN1CCCC1C(=O)OC(=S)NCCc1ccccc1. The van der Waals surface area contributed by atoms with Crippen LogP contribution in [-0.2, 0) is 25.5 Å². The molecule has 1 aromatic rings. The monoisotopic (exact) mass is 416 g/mol. The Morgan fingerprint density at radius 1 is 1.28 bits per heavy atom. The lowest BCUT2D eigenvalue weighted by molar-refractivity contribution is -0.141. The third-order valence-corrected chi connectivity index (χ3v) is 4.90. The third-order valence-electron chi connectivity index (χ3n) is 4.67. The van der Waals surface area contributed by atoms with Crippen LogP contribution < -0.4 is 5.32 Å². The predicted octanol–water partition coefficient (Wildman–Crippen LogP) is 2.46. The van der Waals surface area contributed by atoms with Gasteiger partial charge in [-0.25, -0.2) is 4.79 Å². The van der Waals surface area contributed by atoms with E-state index in [1.54, 1.807) is 0 Å². The van der Waals surface area contributed by atoms with E-state index in [0.717, 1.165) is 25.8 Å².